The zero-order valence-corrected chi connectivity index (χ0v) is 16.4. The topological polar surface area (TPSA) is 58.1 Å². The number of hydrogen-bond acceptors (Lipinski definition) is 4. The van der Waals surface area contributed by atoms with E-state index < -0.39 is 0 Å². The maximum atomic E-state index is 13.6. The molecule has 0 aliphatic rings. The maximum absolute atomic E-state index is 13.6. The number of benzene rings is 2. The van der Waals surface area contributed by atoms with Gasteiger partial charge in [0.05, 0.1) is 20.3 Å². The SMILES string of the molecule is CN=C(NCC(c1cccc(F)c1)N(C)C)Nc1ccc(OC)c(OC)c1. The molecule has 2 aromatic rings. The molecule has 0 radical (unpaired) electrons. The van der Waals surface area contributed by atoms with E-state index in [2.05, 4.69) is 15.6 Å². The van der Waals surface area contributed by atoms with Crippen LogP contribution < -0.4 is 20.1 Å². The maximum Gasteiger partial charge on any atom is 0.195 e. The van der Waals surface area contributed by atoms with Crippen molar-refractivity contribution < 1.29 is 13.9 Å². The zero-order valence-electron chi connectivity index (χ0n) is 16.4. The van der Waals surface area contributed by atoms with Gasteiger partial charge in [-0.25, -0.2) is 4.39 Å². The van der Waals surface area contributed by atoms with E-state index in [1.165, 1.54) is 6.07 Å². The largest absolute Gasteiger partial charge is 0.493 e. The number of nitrogens with zero attached hydrogens (tertiary/aromatic N) is 2. The van der Waals surface area contributed by atoms with Gasteiger partial charge >= 0.3 is 0 Å². The Kier molecular flexibility index (Phi) is 7.43. The van der Waals surface area contributed by atoms with Crippen molar-refractivity contribution in [2.45, 2.75) is 6.04 Å². The first-order valence-corrected chi connectivity index (χ1v) is 8.60. The molecule has 0 spiro atoms. The van der Waals surface area contributed by atoms with Crippen molar-refractivity contribution in [3.63, 3.8) is 0 Å². The number of hydrogen-bond donors (Lipinski definition) is 2. The van der Waals surface area contributed by atoms with Gasteiger partial charge < -0.3 is 25.0 Å². The first-order valence-electron chi connectivity index (χ1n) is 8.60. The number of halogens is 1. The lowest BCUT2D eigenvalue weighted by Crippen LogP contribution is -2.38. The number of ether oxygens (including phenoxy) is 2. The second kappa shape index (κ2) is 9.78. The molecule has 7 heteroatoms. The molecular weight excluding hydrogens is 347 g/mol. The van der Waals surface area contributed by atoms with E-state index in [1.54, 1.807) is 33.4 Å². The molecule has 0 fully saturated rings. The molecule has 0 aromatic heterocycles. The molecule has 146 valence electrons. The van der Waals surface area contributed by atoms with Crippen molar-refractivity contribution in [1.29, 1.82) is 0 Å². The fourth-order valence-electron chi connectivity index (χ4n) is 2.74. The molecule has 2 N–H and O–H groups in total. The van der Waals surface area contributed by atoms with Gasteiger partial charge in [-0.15, -0.1) is 0 Å². The lowest BCUT2D eigenvalue weighted by molar-refractivity contribution is 0.298. The Morgan fingerprint density at radius 2 is 1.85 bits per heavy atom. The molecule has 0 heterocycles. The fourth-order valence-corrected chi connectivity index (χ4v) is 2.74. The van der Waals surface area contributed by atoms with Crippen LogP contribution in [0.25, 0.3) is 0 Å². The predicted octanol–water partition coefficient (Wildman–Crippen LogP) is 3.13. The Balaban J connectivity index is 2.08. The number of anilines is 1. The summed E-state index contributed by atoms with van der Waals surface area (Å²) in [6.45, 7) is 0.559. The van der Waals surface area contributed by atoms with Gasteiger partial charge in [0.15, 0.2) is 17.5 Å². The smallest absolute Gasteiger partial charge is 0.195 e. The molecule has 0 amide bonds. The highest BCUT2D eigenvalue weighted by atomic mass is 19.1. The predicted molar refractivity (Wildman–Crippen MR) is 107 cm³/mol. The molecule has 6 nitrogen and oxygen atoms in total. The molecule has 1 unspecified atom stereocenters. The van der Waals surface area contributed by atoms with Gasteiger partial charge in [-0.2, -0.15) is 0 Å². The van der Waals surface area contributed by atoms with Crippen LogP contribution in [0.1, 0.15) is 11.6 Å². The molecule has 0 saturated carbocycles. The van der Waals surface area contributed by atoms with Gasteiger partial charge in [-0.1, -0.05) is 12.1 Å². The Labute approximate surface area is 160 Å². The number of aliphatic imine (C=N–C) groups is 1. The zero-order chi connectivity index (χ0) is 19.8. The van der Waals surface area contributed by atoms with Crippen molar-refractivity contribution in [2.75, 3.05) is 47.2 Å². The van der Waals surface area contributed by atoms with Crippen molar-refractivity contribution in [3.05, 3.63) is 53.8 Å². The van der Waals surface area contributed by atoms with Crippen LogP contribution in [0.5, 0.6) is 11.5 Å². The number of nitrogens with one attached hydrogen (secondary N) is 2. The van der Waals surface area contributed by atoms with E-state index in [4.69, 9.17) is 9.47 Å². The van der Waals surface area contributed by atoms with Gasteiger partial charge in [-0.3, -0.25) is 4.99 Å². The number of guanidine groups is 1. The highest BCUT2D eigenvalue weighted by Crippen LogP contribution is 2.29. The molecule has 2 aromatic carbocycles. The standard InChI is InChI=1S/C20H27FN4O2/c1-22-20(24-16-9-10-18(26-4)19(12-16)27-5)23-13-17(25(2)3)14-7-6-8-15(21)11-14/h6-12,17H,13H2,1-5H3,(H2,22,23,24). The normalized spacial score (nSPS) is 12.6. The lowest BCUT2D eigenvalue weighted by atomic mass is 10.1. The van der Waals surface area contributed by atoms with Crippen LogP contribution in [0, 0.1) is 5.82 Å². The number of rotatable bonds is 7. The highest BCUT2D eigenvalue weighted by Gasteiger charge is 2.15. The number of methoxy groups -OCH3 is 2. The Hall–Kier alpha value is -2.80. The van der Waals surface area contributed by atoms with E-state index >= 15 is 0 Å². The van der Waals surface area contributed by atoms with E-state index in [-0.39, 0.29) is 11.9 Å². The highest BCUT2D eigenvalue weighted by molar-refractivity contribution is 5.93. The summed E-state index contributed by atoms with van der Waals surface area (Å²) in [5.41, 5.74) is 1.71. The molecular formula is C20H27FN4O2. The first-order chi connectivity index (χ1) is 13.0. The quantitative estimate of drug-likeness (QED) is 0.576. The van der Waals surface area contributed by atoms with Gasteiger partial charge in [0, 0.05) is 25.3 Å². The van der Waals surface area contributed by atoms with Crippen molar-refractivity contribution in [2.24, 2.45) is 4.99 Å². The Morgan fingerprint density at radius 1 is 1.11 bits per heavy atom. The minimum atomic E-state index is -0.243. The van der Waals surface area contributed by atoms with E-state index in [0.717, 1.165) is 11.3 Å². The fraction of sp³-hybridized carbons (Fsp3) is 0.350. The molecule has 0 saturated heterocycles. The van der Waals surface area contributed by atoms with Crippen LogP contribution in [-0.4, -0.2) is 52.8 Å². The summed E-state index contributed by atoms with van der Waals surface area (Å²) in [7, 11) is 8.81. The summed E-state index contributed by atoms with van der Waals surface area (Å²) < 4.78 is 24.2. The monoisotopic (exact) mass is 374 g/mol. The Morgan fingerprint density at radius 3 is 2.44 bits per heavy atom. The van der Waals surface area contributed by atoms with Gasteiger partial charge in [0.1, 0.15) is 5.82 Å². The summed E-state index contributed by atoms with van der Waals surface area (Å²) in [5, 5.41) is 6.51. The van der Waals surface area contributed by atoms with Gasteiger partial charge in [-0.05, 0) is 43.9 Å². The summed E-state index contributed by atoms with van der Waals surface area (Å²) in [4.78, 5) is 6.29. The minimum absolute atomic E-state index is 0.00958. The van der Waals surface area contributed by atoms with Crippen molar-refractivity contribution in [1.82, 2.24) is 10.2 Å². The first kappa shape index (κ1) is 20.5. The molecule has 2 rings (SSSR count). The van der Waals surface area contributed by atoms with Crippen molar-refractivity contribution >= 4 is 11.6 Å². The Bertz CT molecular complexity index is 780. The third-order valence-electron chi connectivity index (χ3n) is 4.19. The summed E-state index contributed by atoms with van der Waals surface area (Å²) in [6, 6.07) is 12.2. The molecule has 0 bridgehead atoms. The van der Waals surface area contributed by atoms with Crippen LogP contribution in [0.3, 0.4) is 0 Å². The average molecular weight is 374 g/mol. The summed E-state index contributed by atoms with van der Waals surface area (Å²) in [5.74, 6) is 1.64. The second-order valence-corrected chi connectivity index (χ2v) is 6.18. The van der Waals surface area contributed by atoms with Crippen LogP contribution in [-0.2, 0) is 0 Å². The van der Waals surface area contributed by atoms with Gasteiger partial charge in [0.2, 0.25) is 0 Å². The third-order valence-corrected chi connectivity index (χ3v) is 4.19. The van der Waals surface area contributed by atoms with Crippen molar-refractivity contribution in [3.8, 4) is 11.5 Å². The molecule has 0 aliphatic carbocycles. The summed E-state index contributed by atoms with van der Waals surface area (Å²) in [6.07, 6.45) is 0. The van der Waals surface area contributed by atoms with Crippen LogP contribution in [0.15, 0.2) is 47.5 Å². The lowest BCUT2D eigenvalue weighted by Gasteiger charge is -2.26. The van der Waals surface area contributed by atoms with Gasteiger partial charge in [0.25, 0.3) is 0 Å². The van der Waals surface area contributed by atoms with E-state index in [9.17, 15) is 4.39 Å². The number of likely N-dealkylation sites (N-methyl/N-ethyl adjacent to an activating group) is 1. The second-order valence-electron chi connectivity index (χ2n) is 6.18. The van der Waals surface area contributed by atoms with Crippen LogP contribution in [0.2, 0.25) is 0 Å². The molecule has 1 atom stereocenters. The van der Waals surface area contributed by atoms with E-state index in [0.29, 0.717) is 24.0 Å². The molecule has 27 heavy (non-hydrogen) atoms. The molecule has 0 aliphatic heterocycles. The summed E-state index contributed by atoms with van der Waals surface area (Å²) >= 11 is 0. The average Bonchev–Trinajstić information content (AvgIpc) is 2.66. The van der Waals surface area contributed by atoms with Crippen LogP contribution in [0.4, 0.5) is 10.1 Å². The minimum Gasteiger partial charge on any atom is -0.493 e. The van der Waals surface area contributed by atoms with E-state index in [1.807, 2.05) is 43.3 Å². The third kappa shape index (κ3) is 5.59. The van der Waals surface area contributed by atoms with Crippen LogP contribution >= 0.6 is 0 Å².